The third-order valence-corrected chi connectivity index (χ3v) is 8.60. The van der Waals surface area contributed by atoms with Crippen LogP contribution >= 0.6 is 34.9 Å². The highest BCUT2D eigenvalue weighted by Crippen LogP contribution is 2.36. The van der Waals surface area contributed by atoms with Crippen LogP contribution in [0, 0.1) is 20.8 Å². The number of nitrogens with two attached hydrogens (primary N) is 1. The quantitative estimate of drug-likeness (QED) is 0.116. The number of halogens is 3. The van der Waals surface area contributed by atoms with E-state index >= 15 is 0 Å². The second-order valence-corrected chi connectivity index (χ2v) is 12.7. The largest absolute Gasteiger partial charge is 0.534 e. The predicted octanol–water partition coefficient (Wildman–Crippen LogP) is 5.89. The van der Waals surface area contributed by atoms with Crippen LogP contribution in [0.1, 0.15) is 46.6 Å². The Morgan fingerprint density at radius 3 is 1.75 bits per heavy atom. The smallest absolute Gasteiger partial charge is 0.492 e. The molecular weight excluding hydrogens is 670 g/mol. The zero-order valence-corrected chi connectivity index (χ0v) is 26.9. The van der Waals surface area contributed by atoms with Gasteiger partial charge >= 0.3 is 15.6 Å². The van der Waals surface area contributed by atoms with E-state index in [9.17, 15) is 26.7 Å². The summed E-state index contributed by atoms with van der Waals surface area (Å²) < 4.78 is 77.6. The maximum absolute atomic E-state index is 12.3. The molecule has 0 amide bonds. The fraction of sp³-hybridized carbons (Fsp3) is 0.333. The lowest BCUT2D eigenvalue weighted by atomic mass is 10.4. The first-order valence-electron chi connectivity index (χ1n) is 12.3. The molecule has 0 saturated carbocycles. The van der Waals surface area contributed by atoms with Crippen LogP contribution in [0.2, 0.25) is 0 Å². The molecule has 5 rings (SSSR count). The Kier molecular flexibility index (Phi) is 11.2. The van der Waals surface area contributed by atoms with Crippen molar-refractivity contribution in [3.05, 3.63) is 50.9 Å². The van der Waals surface area contributed by atoms with E-state index in [1.807, 2.05) is 13.8 Å². The van der Waals surface area contributed by atoms with Gasteiger partial charge in [-0.2, -0.15) is 31.6 Å². The number of alkyl halides is 3. The third kappa shape index (κ3) is 8.83. The molecule has 0 aromatic carbocycles. The minimum Gasteiger partial charge on any atom is -0.492 e. The van der Waals surface area contributed by atoms with E-state index in [2.05, 4.69) is 41.8 Å². The third-order valence-electron chi connectivity index (χ3n) is 5.03. The maximum atomic E-state index is 12.3. The van der Waals surface area contributed by atoms with Gasteiger partial charge in [-0.25, -0.2) is 0 Å². The van der Waals surface area contributed by atoms with Crippen LogP contribution in [-0.4, -0.2) is 49.5 Å². The standard InChI is InChI=1S/C10H9F3N2O4S2.C9H10N2O2S.C5H6N2OS/c1-3-7-8(19-21(16,17)10(11,12)13)14-9(20-7)6-4-5(2)18-15-6;1-3-7-8(12)10-9(14-7)6-4-5(2)13-11-6;1-3-2-4(5(6)9)7-8-3/h4H,3H2,1-2H3;4,12H,3H2,1-2H3;2H,1H3,(H2,6,9). The van der Waals surface area contributed by atoms with Gasteiger partial charge in [-0.3, -0.25) is 0 Å². The summed E-state index contributed by atoms with van der Waals surface area (Å²) in [6.45, 7) is 8.86. The first kappa shape index (κ1) is 34.6. The summed E-state index contributed by atoms with van der Waals surface area (Å²) >= 11 is 7.06. The second-order valence-electron chi connectivity index (χ2n) is 8.54. The van der Waals surface area contributed by atoms with Crippen molar-refractivity contribution >= 4 is 50.0 Å². The van der Waals surface area contributed by atoms with E-state index in [0.717, 1.165) is 34.2 Å². The molecule has 238 valence electrons. The fourth-order valence-corrected chi connectivity index (χ4v) is 5.31. The first-order valence-corrected chi connectivity index (χ1v) is 15.8. The summed E-state index contributed by atoms with van der Waals surface area (Å²) in [5.41, 5.74) is 1.25. The Balaban J connectivity index is 0.000000197. The van der Waals surface area contributed by atoms with Gasteiger partial charge in [0.15, 0.2) is 0 Å². The van der Waals surface area contributed by atoms with E-state index < -0.39 is 21.5 Å². The van der Waals surface area contributed by atoms with Gasteiger partial charge in [0.05, 0.1) is 9.75 Å². The lowest BCUT2D eigenvalue weighted by molar-refractivity contribution is -0.0501. The normalized spacial score (nSPS) is 11.4. The average molecular weight is 695 g/mol. The van der Waals surface area contributed by atoms with Gasteiger partial charge in [0, 0.05) is 18.2 Å². The Hall–Kier alpha value is -3.88. The Bertz CT molecular complexity index is 1820. The highest BCUT2D eigenvalue weighted by atomic mass is 32.2. The van der Waals surface area contributed by atoms with Crippen LogP contribution in [0.15, 0.2) is 31.8 Å². The predicted molar refractivity (Wildman–Crippen MR) is 158 cm³/mol. The molecular formula is C24H25F3N6O7S4. The number of nitrogens with zero attached hydrogens (tertiary/aromatic N) is 5. The second kappa shape index (κ2) is 14.3. The monoisotopic (exact) mass is 694 g/mol. The molecule has 0 atom stereocenters. The number of aromatic hydroxyl groups is 1. The van der Waals surface area contributed by atoms with E-state index in [4.69, 9.17) is 19.3 Å². The lowest BCUT2D eigenvalue weighted by Crippen LogP contribution is -2.28. The molecule has 44 heavy (non-hydrogen) atoms. The molecule has 5 aromatic heterocycles. The van der Waals surface area contributed by atoms with Gasteiger partial charge in [-0.15, -0.1) is 22.7 Å². The van der Waals surface area contributed by atoms with Crippen molar-refractivity contribution in [2.75, 3.05) is 0 Å². The van der Waals surface area contributed by atoms with E-state index in [1.54, 1.807) is 32.9 Å². The van der Waals surface area contributed by atoms with E-state index in [1.165, 1.54) is 17.4 Å². The van der Waals surface area contributed by atoms with Crippen LogP contribution in [0.4, 0.5) is 13.2 Å². The molecule has 0 unspecified atom stereocenters. The molecule has 0 aliphatic carbocycles. The summed E-state index contributed by atoms with van der Waals surface area (Å²) in [7, 11) is -5.75. The minimum absolute atomic E-state index is 0.105. The number of hydrogen-bond acceptors (Lipinski definition) is 15. The maximum Gasteiger partial charge on any atom is 0.534 e. The van der Waals surface area contributed by atoms with Crippen LogP contribution < -0.4 is 9.92 Å². The van der Waals surface area contributed by atoms with Crippen LogP contribution in [0.25, 0.3) is 21.4 Å². The lowest BCUT2D eigenvalue weighted by Gasteiger charge is -2.07. The van der Waals surface area contributed by atoms with Crippen molar-refractivity contribution in [3.63, 3.8) is 0 Å². The van der Waals surface area contributed by atoms with E-state index in [-0.39, 0.29) is 27.2 Å². The SMILES string of the molecule is CCc1sc(-c2cc(C)on2)nc1O.CCc1sc(-c2cc(C)on2)nc1OS(=O)(=O)C(F)(F)F.Cc1cc(C(N)=S)no1. The van der Waals surface area contributed by atoms with Crippen molar-refractivity contribution in [1.82, 2.24) is 25.4 Å². The van der Waals surface area contributed by atoms with Crippen LogP contribution in [0.3, 0.4) is 0 Å². The summed E-state index contributed by atoms with van der Waals surface area (Å²) in [5.74, 6) is 1.47. The van der Waals surface area contributed by atoms with Crippen molar-refractivity contribution in [2.45, 2.75) is 53.0 Å². The first-order chi connectivity index (χ1) is 20.5. The summed E-state index contributed by atoms with van der Waals surface area (Å²) in [6, 6.07) is 5.03. The fourth-order valence-electron chi connectivity index (χ4n) is 2.99. The van der Waals surface area contributed by atoms with Crippen molar-refractivity contribution in [1.29, 1.82) is 0 Å². The summed E-state index contributed by atoms with van der Waals surface area (Å²) in [4.78, 5) is 9.18. The number of thiocarbonyl (C=S) groups is 1. The molecule has 3 N–H and O–H groups in total. The summed E-state index contributed by atoms with van der Waals surface area (Å²) in [5, 5.41) is 21.4. The number of aromatic nitrogens is 5. The number of thiazole rings is 2. The molecule has 5 heterocycles. The van der Waals surface area contributed by atoms with Gasteiger partial charge < -0.3 is 28.6 Å². The molecule has 0 bridgehead atoms. The van der Waals surface area contributed by atoms with Gasteiger partial charge in [0.1, 0.15) is 49.4 Å². The number of hydrogen-bond donors (Lipinski definition) is 2. The Morgan fingerprint density at radius 1 is 0.909 bits per heavy atom. The molecule has 0 saturated heterocycles. The van der Waals surface area contributed by atoms with Crippen LogP contribution in [-0.2, 0) is 23.0 Å². The van der Waals surface area contributed by atoms with Gasteiger partial charge in [-0.05, 0) is 33.6 Å². The highest BCUT2D eigenvalue weighted by molar-refractivity contribution is 7.88. The molecule has 0 spiro atoms. The van der Waals surface area contributed by atoms with Crippen LogP contribution in [0.5, 0.6) is 11.8 Å². The molecule has 13 nitrogen and oxygen atoms in total. The molecule has 0 aliphatic heterocycles. The highest BCUT2D eigenvalue weighted by Gasteiger charge is 2.49. The molecule has 0 radical (unpaired) electrons. The van der Waals surface area contributed by atoms with Gasteiger partial charge in [0.25, 0.3) is 0 Å². The summed E-state index contributed by atoms with van der Waals surface area (Å²) in [6.07, 6.45) is 1.04. The Morgan fingerprint density at radius 2 is 1.39 bits per heavy atom. The minimum atomic E-state index is -5.75. The zero-order valence-electron chi connectivity index (χ0n) is 23.6. The topological polar surface area (TPSA) is 193 Å². The Labute approximate surface area is 262 Å². The van der Waals surface area contributed by atoms with Crippen molar-refractivity contribution in [3.8, 4) is 33.2 Å². The van der Waals surface area contributed by atoms with Crippen molar-refractivity contribution in [2.24, 2.45) is 5.73 Å². The molecule has 5 aromatic rings. The number of aryl methyl sites for hydroxylation is 5. The molecule has 0 aliphatic rings. The average Bonchev–Trinajstić information content (AvgIpc) is 3.76. The zero-order chi connectivity index (χ0) is 32.8. The molecule has 0 fully saturated rings. The van der Waals surface area contributed by atoms with Gasteiger partial charge in [0.2, 0.25) is 11.8 Å². The van der Waals surface area contributed by atoms with E-state index in [0.29, 0.717) is 27.8 Å². The number of rotatable bonds is 7. The van der Waals surface area contributed by atoms with Crippen molar-refractivity contribution < 1.29 is 44.4 Å². The van der Waals surface area contributed by atoms with Gasteiger partial charge in [-0.1, -0.05) is 41.5 Å². The molecule has 20 heteroatoms.